The first-order chi connectivity index (χ1) is 12.1. The molecular weight excluding hydrogens is 318 g/mol. The number of nitrogens with zero attached hydrogens (tertiary/aromatic N) is 3. The topological polar surface area (TPSA) is 67.6 Å². The molecule has 0 spiro atoms. The molecule has 0 saturated carbocycles. The first kappa shape index (κ1) is 17.5. The number of ether oxygens (including phenoxy) is 1. The van der Waals surface area contributed by atoms with Gasteiger partial charge in [-0.3, -0.25) is 4.90 Å². The predicted octanol–water partition coefficient (Wildman–Crippen LogP) is 3.04. The van der Waals surface area contributed by atoms with Crippen molar-refractivity contribution in [3.8, 4) is 0 Å². The first-order valence-corrected chi connectivity index (χ1v) is 8.78. The van der Waals surface area contributed by atoms with E-state index < -0.39 is 0 Å². The Bertz CT molecular complexity index is 727. The zero-order valence-electron chi connectivity index (χ0n) is 14.8. The Morgan fingerprint density at radius 3 is 2.76 bits per heavy atom. The molecule has 0 saturated heterocycles. The highest BCUT2D eigenvalue weighted by molar-refractivity contribution is 5.67. The number of aliphatic hydroxyl groups excluding tert-OH is 1. The van der Waals surface area contributed by atoms with E-state index in [1.54, 1.807) is 4.90 Å². The monoisotopic (exact) mass is 343 g/mol. The standard InChI is InChI=1S/C19H25N3O3/c1-3-14(2)18-16(12-23)22-10-9-21(11-17(22)20-18)19(24)25-13-15-7-5-4-6-8-15/h4-8,14,23H,3,9-13H2,1-2H3/t14-/m0/s1. The van der Waals surface area contributed by atoms with Gasteiger partial charge in [0, 0.05) is 19.0 Å². The molecule has 2 heterocycles. The third kappa shape index (κ3) is 3.69. The molecule has 1 aliphatic heterocycles. The highest BCUT2D eigenvalue weighted by atomic mass is 16.6. The van der Waals surface area contributed by atoms with Crippen molar-refractivity contribution in [2.45, 2.75) is 52.5 Å². The molecule has 0 aliphatic carbocycles. The summed E-state index contributed by atoms with van der Waals surface area (Å²) in [5, 5.41) is 9.73. The van der Waals surface area contributed by atoms with Crippen molar-refractivity contribution in [2.75, 3.05) is 6.54 Å². The lowest BCUT2D eigenvalue weighted by Crippen LogP contribution is -2.39. The minimum atomic E-state index is -0.325. The van der Waals surface area contributed by atoms with Gasteiger partial charge in [0.15, 0.2) is 0 Å². The number of hydrogen-bond acceptors (Lipinski definition) is 4. The second kappa shape index (κ2) is 7.70. The highest BCUT2D eigenvalue weighted by Gasteiger charge is 2.27. The molecule has 0 radical (unpaired) electrons. The van der Waals surface area contributed by atoms with E-state index in [1.807, 2.05) is 34.9 Å². The van der Waals surface area contributed by atoms with Crippen LogP contribution in [0.2, 0.25) is 0 Å². The Balaban J connectivity index is 1.68. The molecule has 0 fully saturated rings. The molecule has 6 heteroatoms. The normalized spacial score (nSPS) is 14.9. The van der Waals surface area contributed by atoms with Crippen LogP contribution in [-0.4, -0.2) is 32.2 Å². The zero-order valence-corrected chi connectivity index (χ0v) is 14.8. The number of benzene rings is 1. The van der Waals surface area contributed by atoms with E-state index >= 15 is 0 Å². The molecule has 1 amide bonds. The first-order valence-electron chi connectivity index (χ1n) is 8.78. The Morgan fingerprint density at radius 1 is 1.32 bits per heavy atom. The fourth-order valence-corrected chi connectivity index (χ4v) is 3.13. The quantitative estimate of drug-likeness (QED) is 0.906. The van der Waals surface area contributed by atoms with Crippen LogP contribution >= 0.6 is 0 Å². The van der Waals surface area contributed by atoms with E-state index in [0.717, 1.165) is 29.2 Å². The Hall–Kier alpha value is -2.34. The second-order valence-corrected chi connectivity index (χ2v) is 6.44. The molecule has 2 aromatic rings. The second-order valence-electron chi connectivity index (χ2n) is 6.44. The smallest absolute Gasteiger partial charge is 0.410 e. The fourth-order valence-electron chi connectivity index (χ4n) is 3.13. The number of carbonyl (C=O) groups is 1. The van der Waals surface area contributed by atoms with Gasteiger partial charge in [0.1, 0.15) is 12.4 Å². The van der Waals surface area contributed by atoms with Crippen LogP contribution in [0.1, 0.15) is 49.0 Å². The Kier molecular flexibility index (Phi) is 5.38. The molecule has 1 atom stereocenters. The van der Waals surface area contributed by atoms with E-state index in [-0.39, 0.29) is 19.3 Å². The van der Waals surface area contributed by atoms with Crippen LogP contribution in [-0.2, 0) is 31.0 Å². The summed E-state index contributed by atoms with van der Waals surface area (Å²) in [6.07, 6.45) is 0.639. The van der Waals surface area contributed by atoms with Crippen molar-refractivity contribution < 1.29 is 14.6 Å². The van der Waals surface area contributed by atoms with E-state index in [1.165, 1.54) is 0 Å². The minimum Gasteiger partial charge on any atom is -0.445 e. The number of aromatic nitrogens is 2. The maximum Gasteiger partial charge on any atom is 0.410 e. The van der Waals surface area contributed by atoms with Crippen LogP contribution in [0.5, 0.6) is 0 Å². The summed E-state index contributed by atoms with van der Waals surface area (Å²) in [6.45, 7) is 6.07. The zero-order chi connectivity index (χ0) is 17.8. The van der Waals surface area contributed by atoms with E-state index in [0.29, 0.717) is 25.6 Å². The lowest BCUT2D eigenvalue weighted by Gasteiger charge is -2.27. The summed E-state index contributed by atoms with van der Waals surface area (Å²) in [7, 11) is 0. The molecule has 3 rings (SSSR count). The average Bonchev–Trinajstić information content (AvgIpc) is 3.04. The van der Waals surface area contributed by atoms with Gasteiger partial charge >= 0.3 is 6.09 Å². The lowest BCUT2D eigenvalue weighted by atomic mass is 10.0. The number of hydrogen-bond donors (Lipinski definition) is 1. The maximum absolute atomic E-state index is 12.3. The molecule has 1 N–H and O–H groups in total. The van der Waals surface area contributed by atoms with E-state index in [9.17, 15) is 9.90 Å². The number of amides is 1. The van der Waals surface area contributed by atoms with Crippen molar-refractivity contribution in [1.82, 2.24) is 14.5 Å². The summed E-state index contributed by atoms with van der Waals surface area (Å²) in [5.41, 5.74) is 2.79. The number of fused-ring (bicyclic) bond motifs is 1. The highest BCUT2D eigenvalue weighted by Crippen LogP contribution is 2.26. The molecular formula is C19H25N3O3. The SMILES string of the molecule is CC[C@H](C)c1nc2n(c1CO)CCN(C(=O)OCc1ccccc1)C2. The molecule has 0 bridgehead atoms. The summed E-state index contributed by atoms with van der Waals surface area (Å²) >= 11 is 0. The van der Waals surface area contributed by atoms with Crippen LogP contribution in [0, 0.1) is 0 Å². The minimum absolute atomic E-state index is 0.0227. The summed E-state index contributed by atoms with van der Waals surface area (Å²) in [5.74, 6) is 1.11. The van der Waals surface area contributed by atoms with Gasteiger partial charge in [-0.15, -0.1) is 0 Å². The van der Waals surface area contributed by atoms with Gasteiger partial charge in [-0.2, -0.15) is 0 Å². The lowest BCUT2D eigenvalue weighted by molar-refractivity contribution is 0.0856. The van der Waals surface area contributed by atoms with Gasteiger partial charge in [-0.25, -0.2) is 9.78 Å². The summed E-state index contributed by atoms with van der Waals surface area (Å²) < 4.78 is 7.46. The number of rotatable bonds is 5. The maximum atomic E-state index is 12.3. The third-order valence-electron chi connectivity index (χ3n) is 4.80. The number of imidazole rings is 1. The van der Waals surface area contributed by atoms with Gasteiger partial charge in [-0.05, 0) is 12.0 Å². The Morgan fingerprint density at radius 2 is 2.08 bits per heavy atom. The fraction of sp³-hybridized carbons (Fsp3) is 0.474. The van der Waals surface area contributed by atoms with Crippen LogP contribution in [0.15, 0.2) is 30.3 Å². The van der Waals surface area contributed by atoms with Crippen LogP contribution < -0.4 is 0 Å². The summed E-state index contributed by atoms with van der Waals surface area (Å²) in [4.78, 5) is 18.7. The van der Waals surface area contributed by atoms with Crippen molar-refractivity contribution in [1.29, 1.82) is 0 Å². The van der Waals surface area contributed by atoms with Gasteiger partial charge in [-0.1, -0.05) is 44.2 Å². The Labute approximate surface area is 148 Å². The number of aliphatic hydroxyl groups is 1. The van der Waals surface area contributed by atoms with Gasteiger partial charge in [0.05, 0.1) is 24.5 Å². The van der Waals surface area contributed by atoms with Crippen molar-refractivity contribution >= 4 is 6.09 Å². The van der Waals surface area contributed by atoms with Crippen LogP contribution in [0.25, 0.3) is 0 Å². The van der Waals surface area contributed by atoms with Crippen molar-refractivity contribution in [3.63, 3.8) is 0 Å². The van der Waals surface area contributed by atoms with Gasteiger partial charge < -0.3 is 14.4 Å². The molecule has 134 valence electrons. The molecule has 1 aromatic heterocycles. The van der Waals surface area contributed by atoms with Gasteiger partial charge in [0.2, 0.25) is 0 Å². The molecule has 6 nitrogen and oxygen atoms in total. The van der Waals surface area contributed by atoms with E-state index in [4.69, 9.17) is 9.72 Å². The van der Waals surface area contributed by atoms with E-state index in [2.05, 4.69) is 13.8 Å². The predicted molar refractivity (Wildman–Crippen MR) is 93.9 cm³/mol. The average molecular weight is 343 g/mol. The third-order valence-corrected chi connectivity index (χ3v) is 4.80. The summed E-state index contributed by atoms with van der Waals surface area (Å²) in [6, 6.07) is 9.65. The van der Waals surface area contributed by atoms with Crippen LogP contribution in [0.3, 0.4) is 0 Å². The van der Waals surface area contributed by atoms with Gasteiger partial charge in [0.25, 0.3) is 0 Å². The van der Waals surface area contributed by atoms with Crippen LogP contribution in [0.4, 0.5) is 4.79 Å². The molecule has 0 unspecified atom stereocenters. The molecule has 1 aromatic carbocycles. The molecule has 1 aliphatic rings. The largest absolute Gasteiger partial charge is 0.445 e. The number of carbonyl (C=O) groups excluding carboxylic acids is 1. The molecule has 25 heavy (non-hydrogen) atoms. The van der Waals surface area contributed by atoms with Crippen molar-refractivity contribution in [2.24, 2.45) is 0 Å². The van der Waals surface area contributed by atoms with Crippen molar-refractivity contribution in [3.05, 3.63) is 53.1 Å².